The van der Waals surface area contributed by atoms with E-state index in [0.29, 0.717) is 25.3 Å². The van der Waals surface area contributed by atoms with Crippen molar-refractivity contribution in [2.24, 2.45) is 11.3 Å². The summed E-state index contributed by atoms with van der Waals surface area (Å²) >= 11 is 0. The fourth-order valence-electron chi connectivity index (χ4n) is 3.17. The molecule has 2 atom stereocenters. The number of ketones is 1. The molecule has 1 N–H and O–H groups in total. The zero-order valence-electron chi connectivity index (χ0n) is 10.1. The molecule has 1 spiro atoms. The number of Topliss-reactive ketones (excluding diaryl/α,β-unsaturated/α-hetero) is 1. The molecule has 16 heavy (non-hydrogen) atoms. The topological polar surface area (TPSA) is 57.6 Å². The molecule has 0 aromatic heterocycles. The summed E-state index contributed by atoms with van der Waals surface area (Å²) < 4.78 is 0. The lowest BCUT2D eigenvalue weighted by Crippen LogP contribution is -2.50. The van der Waals surface area contributed by atoms with Crippen LogP contribution in [0.2, 0.25) is 0 Å². The molecule has 90 valence electrons. The Hall–Kier alpha value is -1.06. The van der Waals surface area contributed by atoms with Gasteiger partial charge in [-0.1, -0.05) is 20.8 Å². The van der Waals surface area contributed by atoms with Gasteiger partial charge in [0, 0.05) is 19.4 Å². The summed E-state index contributed by atoms with van der Waals surface area (Å²) in [4.78, 5) is 24.2. The second kappa shape index (κ2) is 3.22. The van der Waals surface area contributed by atoms with Gasteiger partial charge in [-0.3, -0.25) is 4.79 Å². The quantitative estimate of drug-likeness (QED) is 0.687. The lowest BCUT2D eigenvalue weighted by Gasteiger charge is -2.36. The van der Waals surface area contributed by atoms with E-state index >= 15 is 0 Å². The van der Waals surface area contributed by atoms with Crippen molar-refractivity contribution in [3.05, 3.63) is 0 Å². The summed E-state index contributed by atoms with van der Waals surface area (Å²) in [5.41, 5.74) is -0.301. The second-order valence-corrected chi connectivity index (χ2v) is 6.13. The van der Waals surface area contributed by atoms with Crippen LogP contribution < -0.4 is 0 Å². The van der Waals surface area contributed by atoms with Gasteiger partial charge < -0.3 is 10.0 Å². The molecule has 1 saturated carbocycles. The van der Waals surface area contributed by atoms with Crippen molar-refractivity contribution < 1.29 is 14.7 Å². The number of carbonyl (C=O) groups excluding carboxylic acids is 1. The summed E-state index contributed by atoms with van der Waals surface area (Å²) in [5, 5.41) is 9.20. The van der Waals surface area contributed by atoms with Gasteiger partial charge in [-0.15, -0.1) is 0 Å². The molecule has 4 heteroatoms. The Morgan fingerprint density at radius 3 is 2.56 bits per heavy atom. The Morgan fingerprint density at radius 1 is 1.50 bits per heavy atom. The number of nitrogens with zero attached hydrogens (tertiary/aromatic N) is 1. The number of hydrogen-bond donors (Lipinski definition) is 1. The number of carbonyl (C=O) groups is 2. The Morgan fingerprint density at radius 2 is 2.12 bits per heavy atom. The van der Waals surface area contributed by atoms with Gasteiger partial charge in [-0.05, 0) is 17.8 Å². The maximum atomic E-state index is 11.5. The smallest absolute Gasteiger partial charge is 0.407 e. The maximum absolute atomic E-state index is 11.5. The van der Waals surface area contributed by atoms with Crippen LogP contribution in [0.15, 0.2) is 0 Å². The maximum Gasteiger partial charge on any atom is 0.407 e. The van der Waals surface area contributed by atoms with Crippen molar-refractivity contribution in [2.45, 2.75) is 45.6 Å². The predicted octanol–water partition coefficient (Wildman–Crippen LogP) is 2.13. The Kier molecular flexibility index (Phi) is 2.30. The third kappa shape index (κ3) is 1.60. The molecule has 2 fully saturated rings. The minimum Gasteiger partial charge on any atom is -0.465 e. The molecule has 1 saturated heterocycles. The summed E-state index contributed by atoms with van der Waals surface area (Å²) in [6.07, 6.45) is 0.764. The number of carboxylic acid groups (broad SMARTS) is 1. The van der Waals surface area contributed by atoms with E-state index in [0.717, 1.165) is 6.42 Å². The van der Waals surface area contributed by atoms with Gasteiger partial charge in [0.15, 0.2) is 0 Å². The van der Waals surface area contributed by atoms with Gasteiger partial charge in [-0.25, -0.2) is 4.79 Å². The molecule has 1 aliphatic heterocycles. The van der Waals surface area contributed by atoms with Crippen molar-refractivity contribution in [3.63, 3.8) is 0 Å². The molecule has 0 bridgehead atoms. The highest BCUT2D eigenvalue weighted by Crippen LogP contribution is 2.60. The van der Waals surface area contributed by atoms with Gasteiger partial charge in [0.2, 0.25) is 0 Å². The first-order chi connectivity index (χ1) is 7.27. The zero-order valence-corrected chi connectivity index (χ0v) is 10.1. The Balaban J connectivity index is 2.24. The molecule has 1 aliphatic carbocycles. The summed E-state index contributed by atoms with van der Waals surface area (Å²) in [7, 11) is 0. The van der Waals surface area contributed by atoms with Crippen molar-refractivity contribution in [3.8, 4) is 0 Å². The lowest BCUT2D eigenvalue weighted by atomic mass is 9.84. The Labute approximate surface area is 95.6 Å². The van der Waals surface area contributed by atoms with Crippen LogP contribution >= 0.6 is 0 Å². The van der Waals surface area contributed by atoms with Gasteiger partial charge in [0.05, 0.1) is 5.54 Å². The number of likely N-dealkylation sites (tertiary alicyclic amines) is 1. The number of hydrogen-bond acceptors (Lipinski definition) is 2. The van der Waals surface area contributed by atoms with E-state index in [-0.39, 0.29) is 16.7 Å². The van der Waals surface area contributed by atoms with Crippen LogP contribution in [0.3, 0.4) is 0 Å². The van der Waals surface area contributed by atoms with Crippen molar-refractivity contribution in [2.75, 3.05) is 6.54 Å². The third-order valence-electron chi connectivity index (χ3n) is 3.98. The predicted molar refractivity (Wildman–Crippen MR) is 59.3 cm³/mol. The SMILES string of the molecule is CC(C)(C)C1CC12CC(=O)CCN2C(=O)O. The summed E-state index contributed by atoms with van der Waals surface area (Å²) in [5.74, 6) is 0.532. The minimum atomic E-state index is -0.876. The number of rotatable bonds is 0. The molecule has 0 aromatic rings. The average molecular weight is 225 g/mol. The highest BCUT2D eigenvalue weighted by Gasteiger charge is 2.65. The van der Waals surface area contributed by atoms with E-state index in [2.05, 4.69) is 20.8 Å². The molecule has 2 unspecified atom stereocenters. The van der Waals surface area contributed by atoms with E-state index in [1.54, 1.807) is 0 Å². The summed E-state index contributed by atoms with van der Waals surface area (Å²) in [6, 6.07) is 0. The van der Waals surface area contributed by atoms with Crippen LogP contribution in [0.1, 0.15) is 40.0 Å². The number of amides is 1. The monoisotopic (exact) mass is 225 g/mol. The third-order valence-corrected chi connectivity index (χ3v) is 3.98. The van der Waals surface area contributed by atoms with Crippen molar-refractivity contribution >= 4 is 11.9 Å². The van der Waals surface area contributed by atoms with Crippen LogP contribution in [-0.2, 0) is 4.79 Å². The first-order valence-corrected chi connectivity index (χ1v) is 5.80. The molecule has 2 aliphatic rings. The minimum absolute atomic E-state index is 0.0747. The van der Waals surface area contributed by atoms with Crippen LogP contribution in [0.4, 0.5) is 4.79 Å². The van der Waals surface area contributed by atoms with Gasteiger partial charge in [0.25, 0.3) is 0 Å². The number of piperidine rings is 1. The van der Waals surface area contributed by atoms with Crippen LogP contribution in [0.25, 0.3) is 0 Å². The van der Waals surface area contributed by atoms with Crippen LogP contribution in [0, 0.1) is 11.3 Å². The van der Waals surface area contributed by atoms with Gasteiger partial charge in [-0.2, -0.15) is 0 Å². The Bertz CT molecular complexity index is 345. The molecular formula is C12H19NO3. The largest absolute Gasteiger partial charge is 0.465 e. The van der Waals surface area contributed by atoms with Crippen molar-refractivity contribution in [1.29, 1.82) is 0 Å². The second-order valence-electron chi connectivity index (χ2n) is 6.13. The molecule has 4 nitrogen and oxygen atoms in total. The van der Waals surface area contributed by atoms with E-state index in [9.17, 15) is 14.7 Å². The highest BCUT2D eigenvalue weighted by atomic mass is 16.4. The molecule has 0 aromatic carbocycles. The first kappa shape index (κ1) is 11.4. The fraction of sp³-hybridized carbons (Fsp3) is 0.833. The van der Waals surface area contributed by atoms with E-state index in [1.807, 2.05) is 0 Å². The highest BCUT2D eigenvalue weighted by molar-refractivity contribution is 5.84. The first-order valence-electron chi connectivity index (χ1n) is 5.80. The standard InChI is InChI=1S/C12H19NO3/c1-11(2,3)9-7-12(9)6-8(14)4-5-13(12)10(15)16/h9H,4-7H2,1-3H3,(H,15,16). The molecule has 2 rings (SSSR count). The van der Waals surface area contributed by atoms with Crippen molar-refractivity contribution in [1.82, 2.24) is 4.90 Å². The zero-order chi connectivity index (χ0) is 12.1. The fourth-order valence-corrected chi connectivity index (χ4v) is 3.17. The normalized spacial score (nSPS) is 34.3. The van der Waals surface area contributed by atoms with E-state index < -0.39 is 6.09 Å². The molecule has 0 radical (unpaired) electrons. The van der Waals surface area contributed by atoms with E-state index in [1.165, 1.54) is 4.90 Å². The van der Waals surface area contributed by atoms with Gasteiger partial charge in [0.1, 0.15) is 5.78 Å². The van der Waals surface area contributed by atoms with E-state index in [4.69, 9.17) is 0 Å². The van der Waals surface area contributed by atoms with Crippen LogP contribution in [-0.4, -0.2) is 34.0 Å². The summed E-state index contributed by atoms with van der Waals surface area (Å²) in [6.45, 7) is 6.73. The molecular weight excluding hydrogens is 206 g/mol. The lowest BCUT2D eigenvalue weighted by molar-refractivity contribution is -0.123. The van der Waals surface area contributed by atoms with Crippen LogP contribution in [0.5, 0.6) is 0 Å². The average Bonchev–Trinajstić information content (AvgIpc) is 2.78. The molecule has 1 heterocycles. The molecule has 1 amide bonds. The van der Waals surface area contributed by atoms with Gasteiger partial charge >= 0.3 is 6.09 Å².